The highest BCUT2D eigenvalue weighted by Crippen LogP contribution is 2.50. The quantitative estimate of drug-likeness (QED) is 0.132. The molecule has 0 atom stereocenters. The Kier molecular flexibility index (Phi) is 7.05. The summed E-state index contributed by atoms with van der Waals surface area (Å²) in [5.41, 5.74) is 11.1. The summed E-state index contributed by atoms with van der Waals surface area (Å²) in [5.74, 6) is 0. The van der Waals surface area contributed by atoms with Crippen molar-refractivity contribution in [3.05, 3.63) is 207 Å². The number of hydrogen-bond acceptors (Lipinski definition) is 2. The predicted molar refractivity (Wildman–Crippen MR) is 253 cm³/mol. The molecule has 13 aromatic rings. The summed E-state index contributed by atoms with van der Waals surface area (Å²) in [4.78, 5) is 0. The minimum Gasteiger partial charge on any atom is -0.463 e. The first-order chi connectivity index (χ1) is 29.8. The molecule has 60 heavy (non-hydrogen) atoms. The highest BCUT2D eigenvalue weighted by Gasteiger charge is 2.23. The van der Waals surface area contributed by atoms with Crippen molar-refractivity contribution in [2.24, 2.45) is 0 Å². The van der Waals surface area contributed by atoms with Gasteiger partial charge in [0.2, 0.25) is 0 Å². The van der Waals surface area contributed by atoms with Gasteiger partial charge in [0.15, 0.2) is 0 Å². The van der Waals surface area contributed by atoms with E-state index in [9.17, 15) is 0 Å². The van der Waals surface area contributed by atoms with E-state index in [1.54, 1.807) is 0 Å². The Morgan fingerprint density at radius 1 is 0.200 bits per heavy atom. The van der Waals surface area contributed by atoms with Gasteiger partial charge in [-0.1, -0.05) is 170 Å². The highest BCUT2D eigenvalue weighted by atomic mass is 16.3. The third kappa shape index (κ3) is 4.70. The Labute approximate surface area is 345 Å². The van der Waals surface area contributed by atoms with Gasteiger partial charge in [0.25, 0.3) is 0 Å². The van der Waals surface area contributed by atoms with Gasteiger partial charge in [0.05, 0.1) is 12.5 Å². The van der Waals surface area contributed by atoms with Crippen LogP contribution in [0.1, 0.15) is 0 Å². The molecule has 11 aromatic carbocycles. The van der Waals surface area contributed by atoms with Gasteiger partial charge in [-0.15, -0.1) is 0 Å². The Hall–Kier alpha value is -7.94. The summed E-state index contributed by atoms with van der Waals surface area (Å²) in [6.45, 7) is 0. The van der Waals surface area contributed by atoms with Crippen LogP contribution in [0.3, 0.4) is 0 Å². The molecule has 0 saturated carbocycles. The lowest BCUT2D eigenvalue weighted by Gasteiger charge is -2.20. The second-order valence-electron chi connectivity index (χ2n) is 15.9. The SMILES string of the molecule is c1ccc(-c2coc3c2ccc2c4ccccc4ccc23)c(-c2c3ccccc3c(-c3ccccc3-c3coc4c3ccc3c5ccccc5ccc34)c3ccccc23)c1. The van der Waals surface area contributed by atoms with Crippen LogP contribution in [-0.2, 0) is 0 Å². The van der Waals surface area contributed by atoms with Gasteiger partial charge in [-0.05, 0) is 112 Å². The molecule has 278 valence electrons. The van der Waals surface area contributed by atoms with Crippen molar-refractivity contribution in [2.45, 2.75) is 0 Å². The standard InChI is InChI=1S/C58H34O2/c1-3-15-37-35(13-1)25-27-49-41(37)29-31-51-53(33-59-57(49)51)39-17-5-7-19-43(39)55-45-21-9-11-23-47(45)56(48-24-12-10-22-46(48)55)44-20-8-6-18-40(44)54-34-60-58-50-28-26-36-14-2-4-16-38(36)42(50)30-32-52(54)58/h1-34H. The Balaban J connectivity index is 1.03. The first kappa shape index (κ1) is 33.1. The molecule has 0 aliphatic heterocycles. The molecule has 2 heteroatoms. The molecule has 2 nitrogen and oxygen atoms in total. The monoisotopic (exact) mass is 762 g/mol. The second kappa shape index (κ2) is 12.8. The zero-order chi connectivity index (χ0) is 39.3. The maximum Gasteiger partial charge on any atom is 0.142 e. The molecule has 0 aliphatic carbocycles. The van der Waals surface area contributed by atoms with E-state index in [0.29, 0.717) is 0 Å². The van der Waals surface area contributed by atoms with Crippen LogP contribution < -0.4 is 0 Å². The Bertz CT molecular complexity index is 3590. The molecule has 0 N–H and O–H groups in total. The van der Waals surface area contributed by atoms with Gasteiger partial charge in [-0.25, -0.2) is 0 Å². The predicted octanol–water partition coefficient (Wildman–Crippen LogP) is 16.8. The highest BCUT2D eigenvalue weighted by molar-refractivity contribution is 6.25. The van der Waals surface area contributed by atoms with Crippen LogP contribution in [0, 0.1) is 0 Å². The van der Waals surface area contributed by atoms with Gasteiger partial charge >= 0.3 is 0 Å². The summed E-state index contributed by atoms with van der Waals surface area (Å²) < 4.78 is 13.0. The number of rotatable bonds is 4. The normalized spacial score (nSPS) is 12.0. The summed E-state index contributed by atoms with van der Waals surface area (Å²) >= 11 is 0. The fourth-order valence-corrected chi connectivity index (χ4v) is 10.2. The van der Waals surface area contributed by atoms with Gasteiger partial charge in [0.1, 0.15) is 11.2 Å². The van der Waals surface area contributed by atoms with Gasteiger partial charge < -0.3 is 8.83 Å². The molecule has 13 rings (SSSR count). The molecule has 0 spiro atoms. The first-order valence-electron chi connectivity index (χ1n) is 20.6. The van der Waals surface area contributed by atoms with E-state index in [4.69, 9.17) is 8.83 Å². The number of hydrogen-bond donors (Lipinski definition) is 0. The van der Waals surface area contributed by atoms with E-state index in [-0.39, 0.29) is 0 Å². The van der Waals surface area contributed by atoms with Crippen LogP contribution in [0.15, 0.2) is 215 Å². The molecule has 2 aromatic heterocycles. The molecule has 0 saturated heterocycles. The van der Waals surface area contributed by atoms with Crippen molar-refractivity contribution in [1.82, 2.24) is 0 Å². The largest absolute Gasteiger partial charge is 0.463 e. The number of fused-ring (bicyclic) bond motifs is 12. The summed E-state index contributed by atoms with van der Waals surface area (Å²) in [6, 6.07) is 70.4. The van der Waals surface area contributed by atoms with E-state index in [1.807, 2.05) is 12.5 Å². The van der Waals surface area contributed by atoms with E-state index in [0.717, 1.165) is 55.0 Å². The molecular formula is C58H34O2. The average molecular weight is 763 g/mol. The number of benzene rings is 11. The third-order valence-corrected chi connectivity index (χ3v) is 12.8. The third-order valence-electron chi connectivity index (χ3n) is 12.8. The fourth-order valence-electron chi connectivity index (χ4n) is 10.2. The van der Waals surface area contributed by atoms with Crippen molar-refractivity contribution in [3.8, 4) is 44.5 Å². The molecule has 0 unspecified atom stereocenters. The van der Waals surface area contributed by atoms with Gasteiger partial charge in [-0.2, -0.15) is 0 Å². The number of furan rings is 2. The van der Waals surface area contributed by atoms with Crippen molar-refractivity contribution in [3.63, 3.8) is 0 Å². The van der Waals surface area contributed by atoms with Crippen molar-refractivity contribution < 1.29 is 8.83 Å². The molecule has 0 aliphatic rings. The molecule has 0 bridgehead atoms. The van der Waals surface area contributed by atoms with Crippen LogP contribution >= 0.6 is 0 Å². The van der Waals surface area contributed by atoms with Crippen molar-refractivity contribution >= 4 is 86.6 Å². The Morgan fingerprint density at radius 2 is 0.517 bits per heavy atom. The fraction of sp³-hybridized carbons (Fsp3) is 0. The lowest BCUT2D eigenvalue weighted by Crippen LogP contribution is -1.93. The maximum absolute atomic E-state index is 6.52. The lowest BCUT2D eigenvalue weighted by atomic mass is 9.82. The first-order valence-corrected chi connectivity index (χ1v) is 20.6. The van der Waals surface area contributed by atoms with Crippen molar-refractivity contribution in [2.75, 3.05) is 0 Å². The minimum atomic E-state index is 0.915. The van der Waals surface area contributed by atoms with Crippen LogP contribution in [0.5, 0.6) is 0 Å². The second-order valence-corrected chi connectivity index (χ2v) is 15.9. The van der Waals surface area contributed by atoms with Crippen molar-refractivity contribution in [1.29, 1.82) is 0 Å². The molecule has 2 heterocycles. The summed E-state index contributed by atoms with van der Waals surface area (Å²) in [6.07, 6.45) is 3.90. The van der Waals surface area contributed by atoms with E-state index in [2.05, 4.69) is 194 Å². The van der Waals surface area contributed by atoms with E-state index >= 15 is 0 Å². The zero-order valence-corrected chi connectivity index (χ0v) is 32.4. The summed E-state index contributed by atoms with van der Waals surface area (Å²) in [7, 11) is 0. The topological polar surface area (TPSA) is 26.3 Å². The van der Waals surface area contributed by atoms with Gasteiger partial charge in [-0.3, -0.25) is 0 Å². The van der Waals surface area contributed by atoms with Crippen LogP contribution in [0.4, 0.5) is 0 Å². The Morgan fingerprint density at radius 3 is 0.933 bits per heavy atom. The molecule has 0 fully saturated rings. The van der Waals surface area contributed by atoms with Gasteiger partial charge in [0, 0.05) is 32.7 Å². The van der Waals surface area contributed by atoms with E-state index in [1.165, 1.54) is 76.1 Å². The van der Waals surface area contributed by atoms with E-state index < -0.39 is 0 Å². The lowest BCUT2D eigenvalue weighted by molar-refractivity contribution is 0.620. The maximum atomic E-state index is 6.52. The molecular weight excluding hydrogens is 729 g/mol. The smallest absolute Gasteiger partial charge is 0.142 e. The summed E-state index contributed by atoms with van der Waals surface area (Å²) in [5, 5.41) is 16.6. The van der Waals surface area contributed by atoms with Crippen LogP contribution in [0.25, 0.3) is 131 Å². The zero-order valence-electron chi connectivity index (χ0n) is 32.4. The average Bonchev–Trinajstić information content (AvgIpc) is 3.96. The molecule has 0 radical (unpaired) electrons. The molecule has 0 amide bonds. The van der Waals surface area contributed by atoms with Crippen LogP contribution in [-0.4, -0.2) is 0 Å². The minimum absolute atomic E-state index is 0.915. The van der Waals surface area contributed by atoms with Crippen LogP contribution in [0.2, 0.25) is 0 Å².